The number of carbonyl (C=O) groups excluding carboxylic acids is 1. The number of hydrogen-bond acceptors (Lipinski definition) is 4. The van der Waals surface area contributed by atoms with Crippen LogP contribution in [0.25, 0.3) is 0 Å². The number of aliphatic hydroxyl groups is 1. The van der Waals surface area contributed by atoms with Crippen LogP contribution in [0, 0.1) is 0 Å². The lowest BCUT2D eigenvalue weighted by atomic mass is 10.3. The molecule has 4 heteroatoms. The SMILES string of the molecule is CC(O)C(=O)OCCOc1ccccc1. The Kier molecular flexibility index (Phi) is 4.63. The first kappa shape index (κ1) is 11.5. The van der Waals surface area contributed by atoms with Gasteiger partial charge in [-0.2, -0.15) is 0 Å². The summed E-state index contributed by atoms with van der Waals surface area (Å²) in [6, 6.07) is 9.24. The third kappa shape index (κ3) is 4.46. The quantitative estimate of drug-likeness (QED) is 0.581. The normalized spacial score (nSPS) is 11.9. The highest BCUT2D eigenvalue weighted by molar-refractivity contribution is 5.73. The van der Waals surface area contributed by atoms with Gasteiger partial charge in [-0.05, 0) is 19.1 Å². The van der Waals surface area contributed by atoms with Crippen molar-refractivity contribution < 1.29 is 19.4 Å². The molecule has 1 aromatic rings. The highest BCUT2D eigenvalue weighted by Crippen LogP contribution is 2.07. The van der Waals surface area contributed by atoms with Crippen LogP contribution in [0.15, 0.2) is 30.3 Å². The van der Waals surface area contributed by atoms with Crippen molar-refractivity contribution in [1.29, 1.82) is 0 Å². The molecule has 1 rings (SSSR count). The first-order chi connectivity index (χ1) is 7.20. The zero-order chi connectivity index (χ0) is 11.1. The Morgan fingerprint density at radius 3 is 2.60 bits per heavy atom. The molecule has 0 fully saturated rings. The molecule has 15 heavy (non-hydrogen) atoms. The standard InChI is InChI=1S/C11H14O4/c1-9(12)11(13)15-8-7-14-10-5-3-2-4-6-10/h2-6,9,12H,7-8H2,1H3. The van der Waals surface area contributed by atoms with Crippen molar-refractivity contribution in [3.8, 4) is 5.75 Å². The predicted molar refractivity (Wildman–Crippen MR) is 54.6 cm³/mol. The van der Waals surface area contributed by atoms with E-state index in [1.165, 1.54) is 6.92 Å². The second kappa shape index (κ2) is 6.03. The average molecular weight is 210 g/mol. The van der Waals surface area contributed by atoms with E-state index in [-0.39, 0.29) is 13.2 Å². The van der Waals surface area contributed by atoms with Gasteiger partial charge in [-0.1, -0.05) is 18.2 Å². The van der Waals surface area contributed by atoms with E-state index in [1.807, 2.05) is 30.3 Å². The first-order valence-corrected chi connectivity index (χ1v) is 4.72. The summed E-state index contributed by atoms with van der Waals surface area (Å²) in [7, 11) is 0. The molecule has 0 heterocycles. The van der Waals surface area contributed by atoms with Gasteiger partial charge in [0, 0.05) is 0 Å². The molecule has 1 unspecified atom stereocenters. The molecule has 0 radical (unpaired) electrons. The number of carbonyl (C=O) groups is 1. The molecule has 0 saturated heterocycles. The fourth-order valence-electron chi connectivity index (χ4n) is 0.939. The van der Waals surface area contributed by atoms with Crippen LogP contribution in [0.4, 0.5) is 0 Å². The minimum absolute atomic E-state index is 0.138. The van der Waals surface area contributed by atoms with E-state index < -0.39 is 12.1 Å². The number of esters is 1. The average Bonchev–Trinajstić information content (AvgIpc) is 2.25. The van der Waals surface area contributed by atoms with Gasteiger partial charge in [0.1, 0.15) is 25.1 Å². The maximum atomic E-state index is 10.8. The molecule has 0 aliphatic carbocycles. The van der Waals surface area contributed by atoms with Crippen LogP contribution in [-0.4, -0.2) is 30.4 Å². The molecular formula is C11H14O4. The van der Waals surface area contributed by atoms with E-state index in [0.29, 0.717) is 0 Å². The zero-order valence-corrected chi connectivity index (χ0v) is 8.55. The van der Waals surface area contributed by atoms with Crippen LogP contribution in [0.3, 0.4) is 0 Å². The van der Waals surface area contributed by atoms with Crippen molar-refractivity contribution in [2.75, 3.05) is 13.2 Å². The second-order valence-electron chi connectivity index (χ2n) is 3.00. The van der Waals surface area contributed by atoms with Gasteiger partial charge in [0.15, 0.2) is 0 Å². The number of rotatable bonds is 5. The Morgan fingerprint density at radius 1 is 1.33 bits per heavy atom. The number of ether oxygens (including phenoxy) is 2. The zero-order valence-electron chi connectivity index (χ0n) is 8.55. The Hall–Kier alpha value is -1.55. The molecule has 0 bridgehead atoms. The van der Waals surface area contributed by atoms with Crippen LogP contribution in [0.2, 0.25) is 0 Å². The maximum absolute atomic E-state index is 10.8. The molecule has 0 spiro atoms. The summed E-state index contributed by atoms with van der Waals surface area (Å²) < 4.78 is 9.99. The lowest BCUT2D eigenvalue weighted by Crippen LogP contribution is -2.21. The van der Waals surface area contributed by atoms with Crippen molar-refractivity contribution in [3.05, 3.63) is 30.3 Å². The van der Waals surface area contributed by atoms with Gasteiger partial charge in [-0.25, -0.2) is 4.79 Å². The molecule has 1 atom stereocenters. The number of hydrogen-bond donors (Lipinski definition) is 1. The lowest BCUT2D eigenvalue weighted by molar-refractivity contribution is -0.153. The Balaban J connectivity index is 2.15. The van der Waals surface area contributed by atoms with E-state index in [1.54, 1.807) is 0 Å². The molecule has 0 amide bonds. The van der Waals surface area contributed by atoms with Gasteiger partial charge < -0.3 is 14.6 Å². The Bertz CT molecular complexity index is 295. The summed E-state index contributed by atoms with van der Waals surface area (Å²) in [6.07, 6.45) is -1.08. The summed E-state index contributed by atoms with van der Waals surface area (Å²) in [5.74, 6) is 0.0947. The van der Waals surface area contributed by atoms with Gasteiger partial charge in [-0.3, -0.25) is 0 Å². The van der Waals surface area contributed by atoms with Gasteiger partial charge in [-0.15, -0.1) is 0 Å². The van der Waals surface area contributed by atoms with Gasteiger partial charge in [0.2, 0.25) is 0 Å². The van der Waals surface area contributed by atoms with Gasteiger partial charge in [0.05, 0.1) is 0 Å². The predicted octanol–water partition coefficient (Wildman–Crippen LogP) is 0.989. The van der Waals surface area contributed by atoms with Gasteiger partial charge >= 0.3 is 5.97 Å². The van der Waals surface area contributed by atoms with E-state index in [9.17, 15) is 4.79 Å². The van der Waals surface area contributed by atoms with Crippen LogP contribution < -0.4 is 4.74 Å². The van der Waals surface area contributed by atoms with E-state index in [2.05, 4.69) is 0 Å². The summed E-state index contributed by atoms with van der Waals surface area (Å²) >= 11 is 0. The van der Waals surface area contributed by atoms with E-state index in [0.717, 1.165) is 5.75 Å². The minimum Gasteiger partial charge on any atom is -0.490 e. The Morgan fingerprint density at radius 2 is 2.00 bits per heavy atom. The van der Waals surface area contributed by atoms with Crippen molar-refractivity contribution in [2.24, 2.45) is 0 Å². The summed E-state index contributed by atoms with van der Waals surface area (Å²) in [6.45, 7) is 1.78. The molecule has 0 aliphatic rings. The first-order valence-electron chi connectivity index (χ1n) is 4.72. The summed E-state index contributed by atoms with van der Waals surface area (Å²) in [4.78, 5) is 10.8. The topological polar surface area (TPSA) is 55.8 Å². The van der Waals surface area contributed by atoms with Crippen LogP contribution >= 0.6 is 0 Å². The Labute approximate surface area is 88.4 Å². The summed E-state index contributed by atoms with van der Waals surface area (Å²) in [5, 5.41) is 8.82. The van der Waals surface area contributed by atoms with Crippen LogP contribution in [0.5, 0.6) is 5.75 Å². The molecule has 0 saturated carbocycles. The smallest absolute Gasteiger partial charge is 0.334 e. The molecule has 1 N–H and O–H groups in total. The molecule has 0 aliphatic heterocycles. The molecular weight excluding hydrogens is 196 g/mol. The maximum Gasteiger partial charge on any atom is 0.334 e. The highest BCUT2D eigenvalue weighted by atomic mass is 16.6. The number of benzene rings is 1. The number of aliphatic hydroxyl groups excluding tert-OH is 1. The van der Waals surface area contributed by atoms with E-state index in [4.69, 9.17) is 14.6 Å². The second-order valence-corrected chi connectivity index (χ2v) is 3.00. The van der Waals surface area contributed by atoms with E-state index >= 15 is 0 Å². The number of para-hydroxylation sites is 1. The molecule has 1 aromatic carbocycles. The molecule has 0 aromatic heterocycles. The fourth-order valence-corrected chi connectivity index (χ4v) is 0.939. The minimum atomic E-state index is -1.08. The fraction of sp³-hybridized carbons (Fsp3) is 0.364. The monoisotopic (exact) mass is 210 g/mol. The largest absolute Gasteiger partial charge is 0.490 e. The van der Waals surface area contributed by atoms with Crippen molar-refractivity contribution in [2.45, 2.75) is 13.0 Å². The highest BCUT2D eigenvalue weighted by Gasteiger charge is 2.09. The van der Waals surface area contributed by atoms with Crippen molar-refractivity contribution >= 4 is 5.97 Å². The lowest BCUT2D eigenvalue weighted by Gasteiger charge is -2.08. The third-order valence-corrected chi connectivity index (χ3v) is 1.68. The molecule has 4 nitrogen and oxygen atoms in total. The third-order valence-electron chi connectivity index (χ3n) is 1.68. The van der Waals surface area contributed by atoms with Crippen molar-refractivity contribution in [3.63, 3.8) is 0 Å². The summed E-state index contributed by atoms with van der Waals surface area (Å²) in [5.41, 5.74) is 0. The molecule has 82 valence electrons. The van der Waals surface area contributed by atoms with Gasteiger partial charge in [0.25, 0.3) is 0 Å². The van der Waals surface area contributed by atoms with Crippen LogP contribution in [-0.2, 0) is 9.53 Å². The van der Waals surface area contributed by atoms with Crippen LogP contribution in [0.1, 0.15) is 6.92 Å². The van der Waals surface area contributed by atoms with Crippen molar-refractivity contribution in [1.82, 2.24) is 0 Å².